The molecular formula is C19H19FO. The average Bonchev–Trinajstić information content (AvgIpc) is 2.56. The highest BCUT2D eigenvalue weighted by Gasteiger charge is 2.15. The summed E-state index contributed by atoms with van der Waals surface area (Å²) in [7, 11) is 0. The molecule has 0 aromatic heterocycles. The van der Waals surface area contributed by atoms with E-state index in [0.29, 0.717) is 17.8 Å². The van der Waals surface area contributed by atoms with Gasteiger partial charge in [0, 0.05) is 5.56 Å². The number of halogens is 1. The first-order valence-corrected chi connectivity index (χ1v) is 7.63. The summed E-state index contributed by atoms with van der Waals surface area (Å²) in [6.07, 6.45) is 7.25. The van der Waals surface area contributed by atoms with Crippen LogP contribution in [-0.2, 0) is 0 Å². The third-order valence-corrected chi connectivity index (χ3v) is 4.44. The Morgan fingerprint density at radius 3 is 2.33 bits per heavy atom. The van der Waals surface area contributed by atoms with Gasteiger partial charge in [0.05, 0.1) is 0 Å². The van der Waals surface area contributed by atoms with Gasteiger partial charge in [0.1, 0.15) is 5.82 Å². The van der Waals surface area contributed by atoms with Crippen molar-refractivity contribution in [3.63, 3.8) is 0 Å². The topological polar surface area (TPSA) is 17.1 Å². The van der Waals surface area contributed by atoms with E-state index in [-0.39, 0.29) is 5.82 Å². The second-order valence-electron chi connectivity index (χ2n) is 5.81. The van der Waals surface area contributed by atoms with Crippen LogP contribution in [0.4, 0.5) is 4.39 Å². The number of rotatable bonds is 3. The number of hydrogen-bond acceptors (Lipinski definition) is 1. The van der Waals surface area contributed by atoms with Gasteiger partial charge in [0.15, 0.2) is 6.29 Å². The lowest BCUT2D eigenvalue weighted by Gasteiger charge is -2.22. The molecular weight excluding hydrogens is 263 g/mol. The predicted octanol–water partition coefficient (Wildman–Crippen LogP) is 5.35. The molecule has 2 aromatic carbocycles. The molecule has 0 amide bonds. The van der Waals surface area contributed by atoms with Crippen LogP contribution in [0.2, 0.25) is 0 Å². The largest absolute Gasteiger partial charge is 0.298 e. The predicted molar refractivity (Wildman–Crippen MR) is 83.0 cm³/mol. The molecule has 108 valence electrons. The summed E-state index contributed by atoms with van der Waals surface area (Å²) in [6, 6.07) is 12.8. The lowest BCUT2D eigenvalue weighted by atomic mass is 9.83. The fraction of sp³-hybridized carbons (Fsp3) is 0.316. The Balaban J connectivity index is 1.88. The molecule has 1 fully saturated rings. The molecule has 0 saturated heterocycles. The molecule has 1 saturated carbocycles. The van der Waals surface area contributed by atoms with Gasteiger partial charge in [-0.25, -0.2) is 4.39 Å². The van der Waals surface area contributed by atoms with Crippen molar-refractivity contribution in [2.45, 2.75) is 38.0 Å². The highest BCUT2D eigenvalue weighted by molar-refractivity contribution is 5.87. The Labute approximate surface area is 124 Å². The van der Waals surface area contributed by atoms with Gasteiger partial charge in [-0.15, -0.1) is 0 Å². The maximum atomic E-state index is 13.2. The van der Waals surface area contributed by atoms with Crippen LogP contribution in [0.1, 0.15) is 53.9 Å². The van der Waals surface area contributed by atoms with E-state index in [0.717, 1.165) is 11.1 Å². The van der Waals surface area contributed by atoms with E-state index in [2.05, 4.69) is 12.1 Å². The van der Waals surface area contributed by atoms with E-state index in [9.17, 15) is 9.18 Å². The number of benzene rings is 2. The lowest BCUT2D eigenvalue weighted by Crippen LogP contribution is -2.04. The number of carbonyl (C=O) groups is 1. The van der Waals surface area contributed by atoms with Crippen LogP contribution in [0, 0.1) is 5.82 Å². The lowest BCUT2D eigenvalue weighted by molar-refractivity contribution is 0.112. The van der Waals surface area contributed by atoms with E-state index in [4.69, 9.17) is 0 Å². The molecule has 1 aliphatic rings. The smallest absolute Gasteiger partial charge is 0.150 e. The van der Waals surface area contributed by atoms with Crippen LogP contribution in [-0.4, -0.2) is 6.29 Å². The number of hydrogen-bond donors (Lipinski definition) is 0. The van der Waals surface area contributed by atoms with Gasteiger partial charge >= 0.3 is 0 Å². The third kappa shape index (κ3) is 3.05. The highest BCUT2D eigenvalue weighted by Crippen LogP contribution is 2.34. The first-order chi connectivity index (χ1) is 10.3. The SMILES string of the molecule is O=Cc1cc(F)ccc1-c1ccc(C2CCCCC2)cc1. The van der Waals surface area contributed by atoms with Crippen molar-refractivity contribution >= 4 is 6.29 Å². The Bertz CT molecular complexity index is 625. The summed E-state index contributed by atoms with van der Waals surface area (Å²) >= 11 is 0. The van der Waals surface area contributed by atoms with E-state index in [1.165, 1.54) is 49.8 Å². The zero-order valence-electron chi connectivity index (χ0n) is 12.0. The van der Waals surface area contributed by atoms with Gasteiger partial charge in [0.25, 0.3) is 0 Å². The molecule has 0 heterocycles. The molecule has 2 heteroatoms. The van der Waals surface area contributed by atoms with E-state index in [1.807, 2.05) is 12.1 Å². The maximum Gasteiger partial charge on any atom is 0.150 e. The molecule has 2 aromatic rings. The van der Waals surface area contributed by atoms with Crippen LogP contribution in [0.15, 0.2) is 42.5 Å². The molecule has 0 unspecified atom stereocenters. The normalized spacial score (nSPS) is 15.9. The molecule has 0 aliphatic heterocycles. The molecule has 0 radical (unpaired) electrons. The third-order valence-electron chi connectivity index (χ3n) is 4.44. The van der Waals surface area contributed by atoms with Crippen LogP contribution in [0.5, 0.6) is 0 Å². The van der Waals surface area contributed by atoms with E-state index < -0.39 is 0 Å². The van der Waals surface area contributed by atoms with Gasteiger partial charge in [-0.3, -0.25) is 4.79 Å². The Morgan fingerprint density at radius 1 is 0.952 bits per heavy atom. The van der Waals surface area contributed by atoms with Crippen molar-refractivity contribution in [1.29, 1.82) is 0 Å². The maximum absolute atomic E-state index is 13.2. The molecule has 3 rings (SSSR count). The van der Waals surface area contributed by atoms with E-state index >= 15 is 0 Å². The van der Waals surface area contributed by atoms with Crippen molar-refractivity contribution in [2.75, 3.05) is 0 Å². The minimum Gasteiger partial charge on any atom is -0.298 e. The van der Waals surface area contributed by atoms with Gasteiger partial charge in [-0.1, -0.05) is 49.6 Å². The van der Waals surface area contributed by atoms with Gasteiger partial charge < -0.3 is 0 Å². The molecule has 0 bridgehead atoms. The Kier molecular flexibility index (Phi) is 4.14. The van der Waals surface area contributed by atoms with Crippen LogP contribution in [0.3, 0.4) is 0 Å². The van der Waals surface area contributed by atoms with Gasteiger partial charge in [-0.2, -0.15) is 0 Å². The summed E-state index contributed by atoms with van der Waals surface area (Å²) in [4.78, 5) is 11.1. The Hall–Kier alpha value is -1.96. The van der Waals surface area contributed by atoms with Gasteiger partial charge in [-0.05, 0) is 47.6 Å². The first-order valence-electron chi connectivity index (χ1n) is 7.63. The second kappa shape index (κ2) is 6.21. The summed E-state index contributed by atoms with van der Waals surface area (Å²) in [6.45, 7) is 0. The zero-order valence-corrected chi connectivity index (χ0v) is 12.0. The van der Waals surface area contributed by atoms with Crippen molar-refractivity contribution in [1.82, 2.24) is 0 Å². The zero-order chi connectivity index (χ0) is 14.7. The standard InChI is InChI=1S/C19H19FO/c20-18-10-11-19(17(12-18)13-21)16-8-6-15(7-9-16)14-4-2-1-3-5-14/h6-14H,1-5H2. The molecule has 0 spiro atoms. The fourth-order valence-corrected chi connectivity index (χ4v) is 3.26. The summed E-state index contributed by atoms with van der Waals surface area (Å²) in [5.74, 6) is 0.297. The summed E-state index contributed by atoms with van der Waals surface area (Å²) in [5, 5.41) is 0. The number of aldehydes is 1. The van der Waals surface area contributed by atoms with Crippen LogP contribution >= 0.6 is 0 Å². The van der Waals surface area contributed by atoms with E-state index in [1.54, 1.807) is 6.07 Å². The van der Waals surface area contributed by atoms with Crippen LogP contribution in [0.25, 0.3) is 11.1 Å². The number of carbonyl (C=O) groups excluding carboxylic acids is 1. The van der Waals surface area contributed by atoms with Crippen molar-refractivity contribution in [3.05, 3.63) is 59.4 Å². The van der Waals surface area contributed by atoms with Crippen molar-refractivity contribution in [3.8, 4) is 11.1 Å². The summed E-state index contributed by atoms with van der Waals surface area (Å²) in [5.41, 5.74) is 3.55. The monoisotopic (exact) mass is 282 g/mol. The molecule has 0 N–H and O–H groups in total. The van der Waals surface area contributed by atoms with Crippen molar-refractivity contribution < 1.29 is 9.18 Å². The summed E-state index contributed by atoms with van der Waals surface area (Å²) < 4.78 is 13.2. The molecule has 21 heavy (non-hydrogen) atoms. The molecule has 1 aliphatic carbocycles. The van der Waals surface area contributed by atoms with Crippen LogP contribution < -0.4 is 0 Å². The highest BCUT2D eigenvalue weighted by atomic mass is 19.1. The quantitative estimate of drug-likeness (QED) is 0.693. The minimum atomic E-state index is -0.375. The minimum absolute atomic E-state index is 0.375. The second-order valence-corrected chi connectivity index (χ2v) is 5.81. The fourth-order valence-electron chi connectivity index (χ4n) is 3.26. The molecule has 0 atom stereocenters. The average molecular weight is 282 g/mol. The molecule has 1 nitrogen and oxygen atoms in total. The Morgan fingerprint density at radius 2 is 1.67 bits per heavy atom. The first kappa shape index (κ1) is 14.0. The van der Waals surface area contributed by atoms with Gasteiger partial charge in [0.2, 0.25) is 0 Å². The van der Waals surface area contributed by atoms with Crippen molar-refractivity contribution in [2.24, 2.45) is 0 Å².